The van der Waals surface area contributed by atoms with Gasteiger partial charge in [0.1, 0.15) is 0 Å². The van der Waals surface area contributed by atoms with Gasteiger partial charge in [0.2, 0.25) is 0 Å². The molecule has 1 heterocycles. The minimum atomic E-state index is 0.287. The lowest BCUT2D eigenvalue weighted by Gasteiger charge is -2.42. The van der Waals surface area contributed by atoms with Gasteiger partial charge in [0.15, 0.2) is 0 Å². The Morgan fingerprint density at radius 1 is 1.00 bits per heavy atom. The minimum absolute atomic E-state index is 0.287. The molecule has 122 valence electrons. The Labute approximate surface area is 131 Å². The molecule has 2 N–H and O–H groups in total. The van der Waals surface area contributed by atoms with E-state index in [1.807, 2.05) is 0 Å². The SMILES string of the molecule is CC(C)C1CCC(CN)(CC2CCC3(CCCC3)O2)CC1. The van der Waals surface area contributed by atoms with Crippen molar-refractivity contribution < 1.29 is 4.74 Å². The van der Waals surface area contributed by atoms with Crippen molar-refractivity contribution in [2.75, 3.05) is 6.54 Å². The lowest BCUT2D eigenvalue weighted by molar-refractivity contribution is -0.0589. The van der Waals surface area contributed by atoms with E-state index >= 15 is 0 Å². The molecule has 2 heteroatoms. The van der Waals surface area contributed by atoms with Gasteiger partial charge in [0.05, 0.1) is 11.7 Å². The quantitative estimate of drug-likeness (QED) is 0.818. The second kappa shape index (κ2) is 6.20. The molecular weight excluding hydrogens is 258 g/mol. The number of hydrogen-bond acceptors (Lipinski definition) is 2. The minimum Gasteiger partial charge on any atom is -0.372 e. The molecule has 0 amide bonds. The highest BCUT2D eigenvalue weighted by Gasteiger charge is 2.45. The molecule has 3 aliphatic rings. The topological polar surface area (TPSA) is 35.2 Å². The molecule has 0 aromatic rings. The van der Waals surface area contributed by atoms with E-state index in [1.165, 1.54) is 70.6 Å². The van der Waals surface area contributed by atoms with Crippen molar-refractivity contribution in [1.82, 2.24) is 0 Å². The van der Waals surface area contributed by atoms with E-state index < -0.39 is 0 Å². The third-order valence-corrected chi connectivity index (χ3v) is 6.98. The van der Waals surface area contributed by atoms with E-state index in [0.717, 1.165) is 18.4 Å². The first-order valence-corrected chi connectivity index (χ1v) is 9.44. The number of ether oxygens (including phenoxy) is 1. The smallest absolute Gasteiger partial charge is 0.0687 e. The molecule has 3 rings (SSSR count). The maximum Gasteiger partial charge on any atom is 0.0687 e. The maximum absolute atomic E-state index is 6.56. The lowest BCUT2D eigenvalue weighted by Crippen LogP contribution is -2.39. The second-order valence-electron chi connectivity index (χ2n) is 8.66. The van der Waals surface area contributed by atoms with E-state index in [1.54, 1.807) is 0 Å². The van der Waals surface area contributed by atoms with Gasteiger partial charge in [-0.25, -0.2) is 0 Å². The highest BCUT2D eigenvalue weighted by molar-refractivity contribution is 4.96. The average molecular weight is 293 g/mol. The van der Waals surface area contributed by atoms with Gasteiger partial charge < -0.3 is 10.5 Å². The molecule has 2 saturated carbocycles. The van der Waals surface area contributed by atoms with Crippen LogP contribution in [0.2, 0.25) is 0 Å². The van der Waals surface area contributed by atoms with Crippen LogP contribution in [-0.2, 0) is 4.74 Å². The third-order valence-electron chi connectivity index (χ3n) is 6.98. The average Bonchev–Trinajstić information content (AvgIpc) is 3.10. The Morgan fingerprint density at radius 3 is 2.24 bits per heavy atom. The van der Waals surface area contributed by atoms with E-state index in [2.05, 4.69) is 13.8 Å². The van der Waals surface area contributed by atoms with E-state index in [9.17, 15) is 0 Å². The first-order chi connectivity index (χ1) is 10.1. The monoisotopic (exact) mass is 293 g/mol. The van der Waals surface area contributed by atoms with Crippen molar-refractivity contribution in [2.24, 2.45) is 23.0 Å². The zero-order valence-corrected chi connectivity index (χ0v) is 14.2. The number of rotatable bonds is 4. The second-order valence-corrected chi connectivity index (χ2v) is 8.66. The zero-order valence-electron chi connectivity index (χ0n) is 14.2. The van der Waals surface area contributed by atoms with Crippen LogP contribution in [0.4, 0.5) is 0 Å². The lowest BCUT2D eigenvalue weighted by atomic mass is 9.65. The first kappa shape index (κ1) is 15.8. The molecule has 2 aliphatic carbocycles. The van der Waals surface area contributed by atoms with Crippen LogP contribution in [0.5, 0.6) is 0 Å². The van der Waals surface area contributed by atoms with Gasteiger partial charge in [0, 0.05) is 0 Å². The van der Waals surface area contributed by atoms with Crippen LogP contribution in [0, 0.1) is 17.3 Å². The van der Waals surface area contributed by atoms with Gasteiger partial charge in [-0.05, 0) is 81.6 Å². The fourth-order valence-electron chi connectivity index (χ4n) is 5.32. The maximum atomic E-state index is 6.56. The first-order valence-electron chi connectivity index (χ1n) is 9.44. The van der Waals surface area contributed by atoms with Crippen molar-refractivity contribution in [1.29, 1.82) is 0 Å². The molecule has 1 aliphatic heterocycles. The highest BCUT2D eigenvalue weighted by Crippen LogP contribution is 2.49. The van der Waals surface area contributed by atoms with Gasteiger partial charge in [-0.3, -0.25) is 0 Å². The summed E-state index contributed by atoms with van der Waals surface area (Å²) in [7, 11) is 0. The fraction of sp³-hybridized carbons (Fsp3) is 1.00. The van der Waals surface area contributed by atoms with Crippen molar-refractivity contribution in [3.63, 3.8) is 0 Å². The summed E-state index contributed by atoms with van der Waals surface area (Å²) in [5.74, 6) is 1.76. The molecule has 3 fully saturated rings. The largest absolute Gasteiger partial charge is 0.372 e. The Kier molecular flexibility index (Phi) is 4.66. The fourth-order valence-corrected chi connectivity index (χ4v) is 5.32. The predicted molar refractivity (Wildman–Crippen MR) is 88.2 cm³/mol. The van der Waals surface area contributed by atoms with Gasteiger partial charge in [-0.1, -0.05) is 26.7 Å². The van der Waals surface area contributed by atoms with E-state index in [4.69, 9.17) is 10.5 Å². The molecule has 0 aromatic heterocycles. The molecule has 1 atom stereocenters. The van der Waals surface area contributed by atoms with Crippen molar-refractivity contribution >= 4 is 0 Å². The molecule has 1 spiro atoms. The molecule has 2 nitrogen and oxygen atoms in total. The van der Waals surface area contributed by atoms with Crippen LogP contribution in [0.25, 0.3) is 0 Å². The standard InChI is InChI=1S/C19H35NO/c1-15(2)16-5-10-18(14-20,11-6-16)13-17-7-12-19(21-17)8-3-4-9-19/h15-17H,3-14,20H2,1-2H3. The summed E-state index contributed by atoms with van der Waals surface area (Å²) >= 11 is 0. The Balaban J connectivity index is 1.56. The predicted octanol–water partition coefficient (Wildman–Crippen LogP) is 4.66. The molecule has 1 saturated heterocycles. The summed E-state index contributed by atoms with van der Waals surface area (Å²) < 4.78 is 6.56. The van der Waals surface area contributed by atoms with Crippen LogP contribution >= 0.6 is 0 Å². The van der Waals surface area contributed by atoms with Gasteiger partial charge in [-0.2, -0.15) is 0 Å². The third kappa shape index (κ3) is 3.32. The van der Waals surface area contributed by atoms with Gasteiger partial charge >= 0.3 is 0 Å². The molecule has 0 aromatic carbocycles. The Morgan fingerprint density at radius 2 is 1.67 bits per heavy atom. The molecule has 0 bridgehead atoms. The van der Waals surface area contributed by atoms with Crippen LogP contribution in [0.3, 0.4) is 0 Å². The number of nitrogens with two attached hydrogens (primary N) is 1. The zero-order chi connectivity index (χ0) is 14.9. The summed E-state index contributed by atoms with van der Waals surface area (Å²) in [5, 5.41) is 0. The molecular formula is C19H35NO. The Hall–Kier alpha value is -0.0800. The van der Waals surface area contributed by atoms with E-state index in [0.29, 0.717) is 11.5 Å². The summed E-state index contributed by atoms with van der Waals surface area (Å²) in [5.41, 5.74) is 6.90. The van der Waals surface area contributed by atoms with Crippen molar-refractivity contribution in [3.8, 4) is 0 Å². The van der Waals surface area contributed by atoms with Gasteiger partial charge in [0.25, 0.3) is 0 Å². The van der Waals surface area contributed by atoms with E-state index in [-0.39, 0.29) is 5.60 Å². The Bertz CT molecular complexity index is 337. The van der Waals surface area contributed by atoms with Gasteiger partial charge in [-0.15, -0.1) is 0 Å². The highest BCUT2D eigenvalue weighted by atomic mass is 16.5. The van der Waals surface area contributed by atoms with Crippen molar-refractivity contribution in [2.45, 2.75) is 96.2 Å². The van der Waals surface area contributed by atoms with Crippen LogP contribution in [0.1, 0.15) is 84.5 Å². The number of hydrogen-bond donors (Lipinski definition) is 1. The summed E-state index contributed by atoms with van der Waals surface area (Å²) in [4.78, 5) is 0. The van der Waals surface area contributed by atoms with Crippen LogP contribution in [0.15, 0.2) is 0 Å². The summed E-state index contributed by atoms with van der Waals surface area (Å²) in [6.07, 6.45) is 15.1. The molecule has 0 radical (unpaired) electrons. The summed E-state index contributed by atoms with van der Waals surface area (Å²) in [6.45, 7) is 5.62. The van der Waals surface area contributed by atoms with Crippen LogP contribution in [-0.4, -0.2) is 18.2 Å². The molecule has 1 unspecified atom stereocenters. The summed E-state index contributed by atoms with van der Waals surface area (Å²) in [6, 6.07) is 0. The van der Waals surface area contributed by atoms with Crippen LogP contribution < -0.4 is 5.73 Å². The van der Waals surface area contributed by atoms with Crippen molar-refractivity contribution in [3.05, 3.63) is 0 Å². The molecule has 21 heavy (non-hydrogen) atoms. The normalized spacial score (nSPS) is 39.4.